The second kappa shape index (κ2) is 15.3. The second-order valence-electron chi connectivity index (χ2n) is 15.1. The molecule has 2 aliphatic heterocycles. The number of rotatable bonds is 10. The molecule has 16 nitrogen and oxygen atoms in total. The highest BCUT2D eigenvalue weighted by Gasteiger charge is 2.51. The predicted octanol–water partition coefficient (Wildman–Crippen LogP) is 5.61. The molecule has 0 spiro atoms. The topological polar surface area (TPSA) is 192 Å². The van der Waals surface area contributed by atoms with Crippen molar-refractivity contribution in [1.29, 1.82) is 0 Å². The van der Waals surface area contributed by atoms with Crippen LogP contribution in [-0.4, -0.2) is 88.5 Å². The van der Waals surface area contributed by atoms with Gasteiger partial charge in [0.1, 0.15) is 17.1 Å². The summed E-state index contributed by atoms with van der Waals surface area (Å²) >= 11 is 0. The van der Waals surface area contributed by atoms with Crippen molar-refractivity contribution in [3.8, 4) is 22.6 Å². The number of H-pyrrole nitrogens is 1. The number of benzene rings is 1. The van der Waals surface area contributed by atoms with Crippen LogP contribution in [0.5, 0.6) is 0 Å². The molecule has 0 saturated carbocycles. The molecule has 0 aliphatic carbocycles. The number of urea groups is 1. The summed E-state index contributed by atoms with van der Waals surface area (Å²) in [6.07, 6.45) is 2.60. The molecule has 20 heteroatoms. The van der Waals surface area contributed by atoms with Crippen molar-refractivity contribution in [1.82, 2.24) is 55.5 Å². The van der Waals surface area contributed by atoms with Crippen molar-refractivity contribution in [2.45, 2.75) is 70.6 Å². The van der Waals surface area contributed by atoms with Crippen molar-refractivity contribution in [3.05, 3.63) is 95.0 Å². The lowest BCUT2D eigenvalue weighted by Gasteiger charge is -2.32. The molecular weight excluding hydrogens is 777 g/mol. The molecular formula is C39H38F4N12O4. The molecule has 2 fully saturated rings. The molecule has 59 heavy (non-hydrogen) atoms. The van der Waals surface area contributed by atoms with Gasteiger partial charge < -0.3 is 9.84 Å². The molecule has 8 rings (SSSR count). The summed E-state index contributed by atoms with van der Waals surface area (Å²) in [6.45, 7) is 5.91. The number of hydrogen-bond donors (Lipinski definition) is 3. The Hall–Kier alpha value is -6.57. The van der Waals surface area contributed by atoms with Gasteiger partial charge >= 0.3 is 12.2 Å². The zero-order chi connectivity index (χ0) is 41.6. The number of fused-ring (bicyclic) bond motifs is 1. The summed E-state index contributed by atoms with van der Waals surface area (Å²) in [5.74, 6) is -1.58. The maximum absolute atomic E-state index is 15.6. The van der Waals surface area contributed by atoms with Gasteiger partial charge in [-0.25, -0.2) is 28.7 Å². The molecule has 0 atom stereocenters. The Morgan fingerprint density at radius 1 is 1.02 bits per heavy atom. The van der Waals surface area contributed by atoms with Gasteiger partial charge in [-0.2, -0.15) is 23.4 Å². The molecule has 306 valence electrons. The normalized spacial score (nSPS) is 15.9. The van der Waals surface area contributed by atoms with E-state index in [-0.39, 0.29) is 42.0 Å². The molecule has 2 aliphatic rings. The lowest BCUT2D eigenvalue weighted by atomic mass is 9.90. The van der Waals surface area contributed by atoms with Crippen molar-refractivity contribution < 1.29 is 36.5 Å². The van der Waals surface area contributed by atoms with Crippen LogP contribution < -0.4 is 15.5 Å². The van der Waals surface area contributed by atoms with Gasteiger partial charge in [0.2, 0.25) is 11.7 Å². The summed E-state index contributed by atoms with van der Waals surface area (Å²) < 4.78 is 62.6. The van der Waals surface area contributed by atoms with Crippen LogP contribution >= 0.6 is 0 Å². The number of imide groups is 1. The number of nitrogens with zero attached hydrogens (tertiary/aromatic N) is 9. The van der Waals surface area contributed by atoms with E-state index in [1.165, 1.54) is 23.2 Å². The third-order valence-electron chi connectivity index (χ3n) is 10.8. The molecule has 0 unspecified atom stereocenters. The predicted molar refractivity (Wildman–Crippen MR) is 202 cm³/mol. The van der Waals surface area contributed by atoms with Crippen molar-refractivity contribution in [2.24, 2.45) is 0 Å². The Morgan fingerprint density at radius 2 is 1.81 bits per heavy atom. The van der Waals surface area contributed by atoms with Crippen LogP contribution in [0.15, 0.2) is 59.5 Å². The van der Waals surface area contributed by atoms with Gasteiger partial charge in [0.25, 0.3) is 5.91 Å². The Bertz CT molecular complexity index is 2570. The Balaban J connectivity index is 0.852. The molecule has 2 saturated heterocycles. The summed E-state index contributed by atoms with van der Waals surface area (Å²) in [5, 5.41) is 19.3. The van der Waals surface area contributed by atoms with Crippen LogP contribution in [-0.2, 0) is 23.3 Å². The fourth-order valence-corrected chi connectivity index (χ4v) is 7.16. The van der Waals surface area contributed by atoms with E-state index in [2.05, 4.69) is 57.0 Å². The number of hydrogen-bond acceptors (Lipinski definition) is 11. The highest BCUT2D eigenvalue weighted by molar-refractivity contribution is 6.07. The van der Waals surface area contributed by atoms with E-state index in [9.17, 15) is 27.6 Å². The summed E-state index contributed by atoms with van der Waals surface area (Å²) in [6, 6.07) is 10.0. The number of nitrogens with one attached hydrogen (secondary N) is 3. The van der Waals surface area contributed by atoms with E-state index < -0.39 is 35.2 Å². The minimum Gasteiger partial charge on any atom is -0.350 e. The van der Waals surface area contributed by atoms with E-state index in [1.54, 1.807) is 23.7 Å². The number of carbonyl (C=O) groups is 3. The zero-order valence-electron chi connectivity index (χ0n) is 32.1. The first-order chi connectivity index (χ1) is 28.1. The van der Waals surface area contributed by atoms with Gasteiger partial charge in [-0.1, -0.05) is 23.4 Å². The van der Waals surface area contributed by atoms with Crippen LogP contribution in [0.25, 0.3) is 28.2 Å². The number of piperidine rings is 1. The van der Waals surface area contributed by atoms with Gasteiger partial charge in [-0.15, -0.1) is 0 Å². The number of aryl methyl sites for hydroxylation is 1. The Morgan fingerprint density at radius 3 is 2.54 bits per heavy atom. The SMILES string of the molecule is Cc1nc(-c2cc(C(=O)NCc3nc(C(C)(C)C(F)(F)F)n[nH]3)on2)ncc1-c1ccc(CN2CCC(c3ccc4c(N5CCC(=O)NC5=O)cnn4c3)CC2)cc1F. The fraction of sp³-hybridized carbons (Fsp3) is 0.359. The van der Waals surface area contributed by atoms with E-state index in [4.69, 9.17) is 4.52 Å². The van der Waals surface area contributed by atoms with Crippen LogP contribution in [0.1, 0.15) is 78.1 Å². The van der Waals surface area contributed by atoms with Gasteiger partial charge in [-0.3, -0.25) is 29.8 Å². The third-order valence-corrected chi connectivity index (χ3v) is 10.8. The van der Waals surface area contributed by atoms with E-state index >= 15 is 4.39 Å². The first-order valence-electron chi connectivity index (χ1n) is 18.8. The quantitative estimate of drug-likeness (QED) is 0.146. The molecule has 0 radical (unpaired) electrons. The second-order valence-corrected chi connectivity index (χ2v) is 15.1. The van der Waals surface area contributed by atoms with E-state index in [0.717, 1.165) is 56.4 Å². The van der Waals surface area contributed by atoms with Gasteiger partial charge in [0.05, 0.1) is 23.9 Å². The maximum atomic E-state index is 15.6. The van der Waals surface area contributed by atoms with Crippen LogP contribution in [0.4, 0.5) is 28.0 Å². The lowest BCUT2D eigenvalue weighted by Crippen LogP contribution is -2.49. The fourth-order valence-electron chi connectivity index (χ4n) is 7.16. The number of pyridine rings is 1. The number of carbonyl (C=O) groups excluding carboxylic acids is 3. The zero-order valence-corrected chi connectivity index (χ0v) is 32.1. The molecule has 7 heterocycles. The third kappa shape index (κ3) is 7.86. The highest BCUT2D eigenvalue weighted by atomic mass is 19.4. The average Bonchev–Trinajstić information content (AvgIpc) is 3.98. The van der Waals surface area contributed by atoms with Gasteiger partial charge in [0.15, 0.2) is 17.3 Å². The number of alkyl halides is 3. The van der Waals surface area contributed by atoms with Crippen molar-refractivity contribution in [3.63, 3.8) is 0 Å². The summed E-state index contributed by atoms with van der Waals surface area (Å²) in [4.78, 5) is 53.2. The van der Waals surface area contributed by atoms with Crippen LogP contribution in [0.3, 0.4) is 0 Å². The first-order valence-corrected chi connectivity index (χ1v) is 18.8. The number of anilines is 1. The van der Waals surface area contributed by atoms with Crippen molar-refractivity contribution in [2.75, 3.05) is 24.5 Å². The molecule has 6 aromatic rings. The number of aromatic nitrogens is 8. The smallest absolute Gasteiger partial charge is 0.350 e. The summed E-state index contributed by atoms with van der Waals surface area (Å²) in [5.41, 5.74) is 2.56. The maximum Gasteiger partial charge on any atom is 0.401 e. The highest BCUT2D eigenvalue weighted by Crippen LogP contribution is 2.39. The molecule has 3 N–H and O–H groups in total. The lowest BCUT2D eigenvalue weighted by molar-refractivity contribution is -0.182. The molecule has 5 aromatic heterocycles. The monoisotopic (exact) mass is 814 g/mol. The number of halogens is 4. The van der Waals surface area contributed by atoms with E-state index in [0.29, 0.717) is 41.5 Å². The van der Waals surface area contributed by atoms with Crippen molar-refractivity contribution >= 4 is 29.0 Å². The minimum absolute atomic E-state index is 0.0197. The number of aromatic amines is 1. The molecule has 0 bridgehead atoms. The van der Waals surface area contributed by atoms with Gasteiger partial charge in [-0.05, 0) is 75.9 Å². The molecule has 1 aromatic carbocycles. The van der Waals surface area contributed by atoms with E-state index in [1.807, 2.05) is 18.3 Å². The minimum atomic E-state index is -4.57. The Kier molecular flexibility index (Phi) is 10.2. The van der Waals surface area contributed by atoms with Crippen LogP contribution in [0, 0.1) is 12.7 Å². The largest absolute Gasteiger partial charge is 0.401 e. The first kappa shape index (κ1) is 39.3. The number of likely N-dealkylation sites (tertiary alicyclic amines) is 1. The standard InChI is InChI=1S/C39H38F4N12O4/c1-21-26(16-44-34(47-21)28-15-31(59-52-28)35(57)45-18-32-48-36(51-50-32)38(2,3)39(41,42)43)25-6-4-22(14-27(25)40)19-53-11-8-23(9-12-53)24-5-7-29-30(17-46-55(29)20-24)54-13-10-33(56)49-37(54)58/h4-7,14-17,20,23H,8-13,18-19H2,1-3H3,(H,45,57)(H,48,50,51)(H,49,56,58). The van der Waals surface area contributed by atoms with Gasteiger partial charge in [0, 0.05) is 54.8 Å². The Labute approximate surface area is 333 Å². The number of amides is 4. The average molecular weight is 815 g/mol. The molecule has 4 amide bonds. The summed E-state index contributed by atoms with van der Waals surface area (Å²) in [7, 11) is 0. The van der Waals surface area contributed by atoms with Crippen LogP contribution in [0.2, 0.25) is 0 Å².